The summed E-state index contributed by atoms with van der Waals surface area (Å²) in [6.45, 7) is 8.22. The molecule has 4 heteroatoms. The van der Waals surface area contributed by atoms with Crippen LogP contribution in [-0.2, 0) is 4.79 Å². The molecule has 1 heterocycles. The largest absolute Gasteiger partial charge is 0.358 e. The molecule has 1 fully saturated rings. The molecule has 0 bridgehead atoms. The third-order valence-electron chi connectivity index (χ3n) is 3.70. The van der Waals surface area contributed by atoms with Crippen LogP contribution in [0.15, 0.2) is 18.2 Å². The Bertz CT molecular complexity index is 472. The number of benzene rings is 1. The average molecular weight is 261 g/mol. The van der Waals surface area contributed by atoms with Crippen molar-refractivity contribution in [2.75, 3.05) is 24.5 Å². The van der Waals surface area contributed by atoms with Crippen LogP contribution in [0.25, 0.3) is 0 Å². The minimum atomic E-state index is -0.272. The van der Waals surface area contributed by atoms with Gasteiger partial charge in [0.2, 0.25) is 5.91 Å². The van der Waals surface area contributed by atoms with Gasteiger partial charge in [-0.3, -0.25) is 4.79 Å². The summed E-state index contributed by atoms with van der Waals surface area (Å²) < 4.78 is 0. The van der Waals surface area contributed by atoms with E-state index < -0.39 is 0 Å². The number of nitrogens with two attached hydrogens (primary N) is 1. The van der Waals surface area contributed by atoms with Crippen LogP contribution in [0.2, 0.25) is 0 Å². The smallest absolute Gasteiger partial charge is 0.244 e. The number of carbonyl (C=O) groups is 1. The van der Waals surface area contributed by atoms with E-state index in [1.807, 2.05) is 0 Å². The van der Waals surface area contributed by atoms with E-state index in [2.05, 4.69) is 49.2 Å². The van der Waals surface area contributed by atoms with Gasteiger partial charge in [0.1, 0.15) is 6.04 Å². The zero-order valence-corrected chi connectivity index (χ0v) is 11.9. The molecule has 0 saturated carbocycles. The van der Waals surface area contributed by atoms with Crippen molar-refractivity contribution in [2.24, 2.45) is 11.7 Å². The normalized spacial score (nSPS) is 24.0. The first-order chi connectivity index (χ1) is 9.02. The SMILES string of the molecule is Cc1ccc(N2CC(C)CNC(=O)C2CN)c(C)c1. The second-order valence-electron chi connectivity index (χ2n) is 5.54. The molecule has 1 aromatic carbocycles. The fourth-order valence-corrected chi connectivity index (χ4v) is 2.69. The summed E-state index contributed by atoms with van der Waals surface area (Å²) in [4.78, 5) is 14.3. The minimum Gasteiger partial charge on any atom is -0.358 e. The van der Waals surface area contributed by atoms with E-state index in [0.717, 1.165) is 18.8 Å². The fraction of sp³-hybridized carbons (Fsp3) is 0.533. The number of nitrogens with zero attached hydrogens (tertiary/aromatic N) is 1. The lowest BCUT2D eigenvalue weighted by atomic mass is 10.1. The number of amides is 1. The molecule has 3 N–H and O–H groups in total. The Balaban J connectivity index is 2.39. The van der Waals surface area contributed by atoms with Crippen LogP contribution in [0.1, 0.15) is 18.1 Å². The van der Waals surface area contributed by atoms with Gasteiger partial charge in [0.15, 0.2) is 0 Å². The van der Waals surface area contributed by atoms with Crippen molar-refractivity contribution >= 4 is 11.6 Å². The third kappa shape index (κ3) is 2.89. The summed E-state index contributed by atoms with van der Waals surface area (Å²) in [6.07, 6.45) is 0. The Labute approximate surface area is 115 Å². The highest BCUT2D eigenvalue weighted by molar-refractivity contribution is 5.86. The summed E-state index contributed by atoms with van der Waals surface area (Å²) in [5.74, 6) is 0.452. The van der Waals surface area contributed by atoms with Crippen LogP contribution in [0.3, 0.4) is 0 Å². The lowest BCUT2D eigenvalue weighted by Crippen LogP contribution is -2.49. The number of hydrogen-bond donors (Lipinski definition) is 2. The van der Waals surface area contributed by atoms with Gasteiger partial charge in [0, 0.05) is 25.3 Å². The van der Waals surface area contributed by atoms with E-state index >= 15 is 0 Å². The van der Waals surface area contributed by atoms with Crippen LogP contribution >= 0.6 is 0 Å². The summed E-state index contributed by atoms with van der Waals surface area (Å²) in [7, 11) is 0. The number of nitrogens with one attached hydrogen (secondary N) is 1. The molecule has 1 amide bonds. The van der Waals surface area contributed by atoms with Gasteiger partial charge in [-0.05, 0) is 31.4 Å². The van der Waals surface area contributed by atoms with E-state index in [1.165, 1.54) is 11.1 Å². The van der Waals surface area contributed by atoms with Gasteiger partial charge in [0.25, 0.3) is 0 Å². The van der Waals surface area contributed by atoms with Crippen molar-refractivity contribution < 1.29 is 4.79 Å². The molecule has 1 aromatic rings. The molecule has 19 heavy (non-hydrogen) atoms. The van der Waals surface area contributed by atoms with Gasteiger partial charge in [-0.2, -0.15) is 0 Å². The number of aryl methyl sites for hydroxylation is 2. The summed E-state index contributed by atoms with van der Waals surface area (Å²) in [5.41, 5.74) is 9.36. The van der Waals surface area contributed by atoms with Gasteiger partial charge in [-0.25, -0.2) is 0 Å². The first-order valence-electron chi connectivity index (χ1n) is 6.84. The van der Waals surface area contributed by atoms with Crippen molar-refractivity contribution in [3.8, 4) is 0 Å². The standard InChI is InChI=1S/C15H23N3O/c1-10-4-5-13(12(3)6-10)18-9-11(2)8-17-15(19)14(18)7-16/h4-6,11,14H,7-9,16H2,1-3H3,(H,17,19). The van der Waals surface area contributed by atoms with Gasteiger partial charge in [-0.1, -0.05) is 24.6 Å². The lowest BCUT2D eigenvalue weighted by Gasteiger charge is -2.32. The van der Waals surface area contributed by atoms with Crippen molar-refractivity contribution in [2.45, 2.75) is 26.8 Å². The molecule has 4 nitrogen and oxygen atoms in total. The molecule has 0 radical (unpaired) electrons. The summed E-state index contributed by atoms with van der Waals surface area (Å²) in [6, 6.07) is 6.06. The van der Waals surface area contributed by atoms with E-state index in [1.54, 1.807) is 0 Å². The predicted molar refractivity (Wildman–Crippen MR) is 78.3 cm³/mol. The zero-order chi connectivity index (χ0) is 14.0. The Morgan fingerprint density at radius 3 is 2.79 bits per heavy atom. The van der Waals surface area contributed by atoms with Crippen LogP contribution in [-0.4, -0.2) is 31.6 Å². The zero-order valence-electron chi connectivity index (χ0n) is 11.9. The topological polar surface area (TPSA) is 58.4 Å². The Morgan fingerprint density at radius 1 is 1.42 bits per heavy atom. The molecule has 1 saturated heterocycles. The molecule has 2 unspecified atom stereocenters. The number of rotatable bonds is 2. The van der Waals surface area contributed by atoms with Gasteiger partial charge < -0.3 is 16.0 Å². The quantitative estimate of drug-likeness (QED) is 0.841. The van der Waals surface area contributed by atoms with Gasteiger partial charge >= 0.3 is 0 Å². The molecule has 1 aliphatic rings. The van der Waals surface area contributed by atoms with Crippen molar-refractivity contribution in [3.05, 3.63) is 29.3 Å². The maximum atomic E-state index is 12.1. The Hall–Kier alpha value is -1.55. The van der Waals surface area contributed by atoms with Gasteiger partial charge in [0.05, 0.1) is 0 Å². The molecular weight excluding hydrogens is 238 g/mol. The number of anilines is 1. The van der Waals surface area contributed by atoms with Crippen LogP contribution < -0.4 is 16.0 Å². The van der Waals surface area contributed by atoms with E-state index in [9.17, 15) is 4.79 Å². The number of hydrogen-bond acceptors (Lipinski definition) is 3. The van der Waals surface area contributed by atoms with Crippen molar-refractivity contribution in [3.63, 3.8) is 0 Å². The van der Waals surface area contributed by atoms with Crippen molar-refractivity contribution in [1.82, 2.24) is 5.32 Å². The van der Waals surface area contributed by atoms with Gasteiger partial charge in [-0.15, -0.1) is 0 Å². The van der Waals surface area contributed by atoms with Crippen LogP contribution in [0, 0.1) is 19.8 Å². The van der Waals surface area contributed by atoms with E-state index in [-0.39, 0.29) is 11.9 Å². The average Bonchev–Trinajstić information content (AvgIpc) is 2.49. The van der Waals surface area contributed by atoms with Crippen molar-refractivity contribution in [1.29, 1.82) is 0 Å². The van der Waals surface area contributed by atoms with Crippen LogP contribution in [0.4, 0.5) is 5.69 Å². The maximum absolute atomic E-state index is 12.1. The first kappa shape index (κ1) is 13.9. The second-order valence-corrected chi connectivity index (χ2v) is 5.54. The highest BCUT2D eigenvalue weighted by Crippen LogP contribution is 2.25. The molecule has 104 valence electrons. The number of carbonyl (C=O) groups excluding carboxylic acids is 1. The lowest BCUT2D eigenvalue weighted by molar-refractivity contribution is -0.121. The molecule has 2 rings (SSSR count). The maximum Gasteiger partial charge on any atom is 0.244 e. The predicted octanol–water partition coefficient (Wildman–Crippen LogP) is 1.20. The second kappa shape index (κ2) is 5.61. The van der Waals surface area contributed by atoms with E-state index in [4.69, 9.17) is 5.73 Å². The molecule has 2 atom stereocenters. The van der Waals surface area contributed by atoms with Crippen LogP contribution in [0.5, 0.6) is 0 Å². The monoisotopic (exact) mass is 261 g/mol. The molecule has 1 aliphatic heterocycles. The molecule has 0 aliphatic carbocycles. The highest BCUT2D eigenvalue weighted by Gasteiger charge is 2.30. The molecular formula is C15H23N3O. The summed E-state index contributed by atoms with van der Waals surface area (Å²) >= 11 is 0. The Kier molecular flexibility index (Phi) is 4.10. The highest BCUT2D eigenvalue weighted by atomic mass is 16.2. The van der Waals surface area contributed by atoms with E-state index in [0.29, 0.717) is 12.5 Å². The Morgan fingerprint density at radius 2 is 2.16 bits per heavy atom. The summed E-state index contributed by atoms with van der Waals surface area (Å²) in [5, 5.41) is 2.97. The molecule has 0 aromatic heterocycles. The molecule has 0 spiro atoms. The third-order valence-corrected chi connectivity index (χ3v) is 3.70. The minimum absolute atomic E-state index is 0.0341. The first-order valence-corrected chi connectivity index (χ1v) is 6.84. The fourth-order valence-electron chi connectivity index (χ4n) is 2.69.